The summed E-state index contributed by atoms with van der Waals surface area (Å²) in [4.78, 5) is 4.09. The summed E-state index contributed by atoms with van der Waals surface area (Å²) in [6, 6.07) is 5.36. The Bertz CT molecular complexity index is 504. The average Bonchev–Trinajstić information content (AvgIpc) is 2.59. The average molecular weight is 239 g/mol. The minimum atomic E-state index is 0.252. The topological polar surface area (TPSA) is 79.1 Å². The van der Waals surface area contributed by atoms with Gasteiger partial charge in [0.15, 0.2) is 0 Å². The van der Waals surface area contributed by atoms with Gasteiger partial charge in [-0.15, -0.1) is 0 Å². The number of aromatic nitrogens is 2. The summed E-state index contributed by atoms with van der Waals surface area (Å²) < 4.78 is 6.32. The minimum Gasteiger partial charge on any atom is -0.495 e. The molecule has 0 bridgehead atoms. The molecule has 1 aromatic carbocycles. The molecule has 0 fully saturated rings. The summed E-state index contributed by atoms with van der Waals surface area (Å²) >= 11 is 6.00. The molecule has 0 atom stereocenters. The van der Waals surface area contributed by atoms with Crippen LogP contribution < -0.4 is 16.3 Å². The quantitative estimate of drug-likeness (QED) is 0.778. The normalized spacial score (nSPS) is 10.4. The summed E-state index contributed by atoms with van der Waals surface area (Å²) in [5.74, 6) is 6.41. The van der Waals surface area contributed by atoms with Crippen LogP contribution in [0, 0.1) is 0 Å². The molecule has 0 aliphatic heterocycles. The number of nitrogens with zero attached hydrogens (tertiary/aromatic N) is 2. The van der Waals surface area contributed by atoms with Gasteiger partial charge in [0.2, 0.25) is 5.95 Å². The first kappa shape index (κ1) is 10.6. The van der Waals surface area contributed by atoms with Crippen LogP contribution in [0.5, 0.6) is 5.75 Å². The number of hydrogen-bond donors (Lipinski definition) is 2. The molecule has 1 heterocycles. The van der Waals surface area contributed by atoms with Gasteiger partial charge >= 0.3 is 0 Å². The maximum Gasteiger partial charge on any atom is 0.219 e. The number of methoxy groups -OCH3 is 1. The smallest absolute Gasteiger partial charge is 0.219 e. The highest BCUT2D eigenvalue weighted by Gasteiger charge is 2.08. The van der Waals surface area contributed by atoms with Crippen LogP contribution in [0.3, 0.4) is 0 Å². The van der Waals surface area contributed by atoms with Crippen molar-refractivity contribution in [2.24, 2.45) is 0 Å². The Balaban J connectivity index is 2.45. The Morgan fingerprint density at radius 3 is 2.69 bits per heavy atom. The van der Waals surface area contributed by atoms with Gasteiger partial charge in [0.25, 0.3) is 0 Å². The summed E-state index contributed by atoms with van der Waals surface area (Å²) in [7, 11) is 1.56. The van der Waals surface area contributed by atoms with Gasteiger partial charge in [-0.25, -0.2) is 9.66 Å². The maximum absolute atomic E-state index is 6.00. The van der Waals surface area contributed by atoms with E-state index in [0.717, 1.165) is 5.56 Å². The predicted octanol–water partition coefficient (Wildman–Crippen LogP) is 1.51. The van der Waals surface area contributed by atoms with Crippen LogP contribution in [0.2, 0.25) is 5.02 Å². The number of imidazole rings is 1. The van der Waals surface area contributed by atoms with Crippen molar-refractivity contribution in [2.75, 3.05) is 18.7 Å². The molecule has 16 heavy (non-hydrogen) atoms. The van der Waals surface area contributed by atoms with Gasteiger partial charge in [0.05, 0.1) is 24.0 Å². The van der Waals surface area contributed by atoms with E-state index >= 15 is 0 Å². The summed E-state index contributed by atoms with van der Waals surface area (Å²) in [5, 5.41) is 0.519. The SMILES string of the molecule is COc1ccc(-c2cn(N)c(N)n2)cc1Cl. The molecule has 4 N–H and O–H groups in total. The standard InChI is InChI=1S/C10H11ClN4O/c1-16-9-3-2-6(4-7(9)11)8-5-15(13)10(12)14-8/h2-5H,13H2,1H3,(H2,12,14). The summed E-state index contributed by atoms with van der Waals surface area (Å²) in [6.45, 7) is 0. The first-order valence-corrected chi connectivity index (χ1v) is 4.93. The molecule has 84 valence electrons. The van der Waals surface area contributed by atoms with Crippen molar-refractivity contribution in [3.05, 3.63) is 29.4 Å². The number of hydrogen-bond acceptors (Lipinski definition) is 4. The van der Waals surface area contributed by atoms with E-state index in [-0.39, 0.29) is 5.95 Å². The van der Waals surface area contributed by atoms with E-state index in [1.165, 1.54) is 4.68 Å². The fraction of sp³-hybridized carbons (Fsp3) is 0.100. The number of benzene rings is 1. The van der Waals surface area contributed by atoms with E-state index in [9.17, 15) is 0 Å². The molecule has 5 nitrogen and oxygen atoms in total. The molecule has 0 spiro atoms. The van der Waals surface area contributed by atoms with Gasteiger partial charge < -0.3 is 16.3 Å². The third-order valence-electron chi connectivity index (χ3n) is 2.21. The van der Waals surface area contributed by atoms with Crippen LogP contribution in [-0.2, 0) is 0 Å². The second-order valence-electron chi connectivity index (χ2n) is 3.24. The Morgan fingerprint density at radius 2 is 2.19 bits per heavy atom. The number of ether oxygens (including phenoxy) is 1. The lowest BCUT2D eigenvalue weighted by Crippen LogP contribution is -2.09. The fourth-order valence-electron chi connectivity index (χ4n) is 1.37. The molecule has 0 radical (unpaired) electrons. The van der Waals surface area contributed by atoms with Crippen molar-refractivity contribution in [3.8, 4) is 17.0 Å². The van der Waals surface area contributed by atoms with Gasteiger partial charge in [0.1, 0.15) is 5.75 Å². The highest BCUT2D eigenvalue weighted by Crippen LogP contribution is 2.29. The Kier molecular flexibility index (Phi) is 2.62. The third kappa shape index (κ3) is 1.77. The van der Waals surface area contributed by atoms with Gasteiger partial charge in [-0.3, -0.25) is 0 Å². The predicted molar refractivity (Wildman–Crippen MR) is 63.8 cm³/mol. The zero-order valence-electron chi connectivity index (χ0n) is 8.64. The first-order valence-electron chi connectivity index (χ1n) is 4.55. The molecule has 0 unspecified atom stereocenters. The summed E-state index contributed by atoms with van der Waals surface area (Å²) in [6.07, 6.45) is 1.63. The zero-order valence-corrected chi connectivity index (χ0v) is 9.40. The largest absolute Gasteiger partial charge is 0.495 e. The van der Waals surface area contributed by atoms with E-state index in [0.29, 0.717) is 16.5 Å². The summed E-state index contributed by atoms with van der Waals surface area (Å²) in [5.41, 5.74) is 7.05. The lowest BCUT2D eigenvalue weighted by atomic mass is 10.1. The van der Waals surface area contributed by atoms with E-state index in [1.807, 2.05) is 6.07 Å². The van der Waals surface area contributed by atoms with E-state index in [1.54, 1.807) is 25.4 Å². The molecular formula is C10H11ClN4O. The van der Waals surface area contributed by atoms with E-state index in [2.05, 4.69) is 4.98 Å². The molecule has 0 saturated carbocycles. The third-order valence-corrected chi connectivity index (χ3v) is 2.50. The van der Waals surface area contributed by atoms with Gasteiger partial charge in [-0.2, -0.15) is 0 Å². The van der Waals surface area contributed by atoms with Crippen LogP contribution in [0.15, 0.2) is 24.4 Å². The second-order valence-corrected chi connectivity index (χ2v) is 3.65. The fourth-order valence-corrected chi connectivity index (χ4v) is 1.63. The van der Waals surface area contributed by atoms with Crippen LogP contribution in [0.25, 0.3) is 11.3 Å². The maximum atomic E-state index is 6.00. The molecular weight excluding hydrogens is 228 g/mol. The highest BCUT2D eigenvalue weighted by atomic mass is 35.5. The van der Waals surface area contributed by atoms with Crippen molar-refractivity contribution >= 4 is 17.5 Å². The van der Waals surface area contributed by atoms with E-state index in [4.69, 9.17) is 27.9 Å². The van der Waals surface area contributed by atoms with Crippen LogP contribution in [0.4, 0.5) is 5.95 Å². The van der Waals surface area contributed by atoms with Crippen LogP contribution in [-0.4, -0.2) is 16.8 Å². The number of rotatable bonds is 2. The first-order chi connectivity index (χ1) is 7.61. The molecule has 2 rings (SSSR count). The molecule has 0 saturated heterocycles. The number of halogens is 1. The van der Waals surface area contributed by atoms with Crippen molar-refractivity contribution in [1.82, 2.24) is 9.66 Å². The molecule has 0 aliphatic carbocycles. The molecule has 6 heteroatoms. The monoisotopic (exact) mass is 238 g/mol. The van der Waals surface area contributed by atoms with Gasteiger partial charge in [-0.05, 0) is 18.2 Å². The van der Waals surface area contributed by atoms with Crippen molar-refractivity contribution in [3.63, 3.8) is 0 Å². The van der Waals surface area contributed by atoms with Crippen LogP contribution in [0.1, 0.15) is 0 Å². The Hall–Kier alpha value is -1.88. The highest BCUT2D eigenvalue weighted by molar-refractivity contribution is 6.32. The van der Waals surface area contributed by atoms with Crippen molar-refractivity contribution in [1.29, 1.82) is 0 Å². The molecule has 1 aromatic heterocycles. The second kappa shape index (κ2) is 3.94. The number of nitrogens with two attached hydrogens (primary N) is 2. The molecule has 0 amide bonds. The van der Waals surface area contributed by atoms with Crippen molar-refractivity contribution in [2.45, 2.75) is 0 Å². The minimum absolute atomic E-state index is 0.252. The molecule has 2 aromatic rings. The number of nitrogen functional groups attached to an aromatic ring is 2. The van der Waals surface area contributed by atoms with Crippen LogP contribution >= 0.6 is 11.6 Å². The zero-order chi connectivity index (χ0) is 11.7. The van der Waals surface area contributed by atoms with Gasteiger partial charge in [-0.1, -0.05) is 11.6 Å². The number of anilines is 1. The van der Waals surface area contributed by atoms with Gasteiger partial charge in [0, 0.05) is 5.56 Å². The lowest BCUT2D eigenvalue weighted by Gasteiger charge is -2.03. The molecule has 0 aliphatic rings. The van der Waals surface area contributed by atoms with E-state index < -0.39 is 0 Å². The lowest BCUT2D eigenvalue weighted by molar-refractivity contribution is 0.415. The Morgan fingerprint density at radius 1 is 1.44 bits per heavy atom. The van der Waals surface area contributed by atoms with Crippen molar-refractivity contribution < 1.29 is 4.74 Å². The Labute approximate surface area is 97.6 Å².